The summed E-state index contributed by atoms with van der Waals surface area (Å²) in [6.45, 7) is 6.09. The lowest BCUT2D eigenvalue weighted by atomic mass is 9.83. The molecule has 2 aliphatic rings. The highest BCUT2D eigenvalue weighted by molar-refractivity contribution is 5.83. The molecule has 4 rings (SSSR count). The predicted octanol–water partition coefficient (Wildman–Crippen LogP) is 4.66. The molecule has 2 fully saturated rings. The Kier molecular flexibility index (Phi) is 5.44. The van der Waals surface area contributed by atoms with Crippen LogP contribution in [-0.2, 0) is 6.54 Å². The summed E-state index contributed by atoms with van der Waals surface area (Å²) in [5, 5.41) is 1.23. The van der Waals surface area contributed by atoms with Gasteiger partial charge in [0.2, 0.25) is 0 Å². The molecule has 0 atom stereocenters. The van der Waals surface area contributed by atoms with E-state index in [-0.39, 0.29) is 5.56 Å². The van der Waals surface area contributed by atoms with Crippen molar-refractivity contribution >= 4 is 10.9 Å². The van der Waals surface area contributed by atoms with Crippen LogP contribution in [0.4, 0.5) is 0 Å². The van der Waals surface area contributed by atoms with E-state index in [2.05, 4.69) is 36.4 Å². The quantitative estimate of drug-likeness (QED) is 0.800. The number of rotatable bonds is 4. The summed E-state index contributed by atoms with van der Waals surface area (Å²) in [5.74, 6) is 0.676. The Balaban J connectivity index is 1.66. The lowest BCUT2D eigenvalue weighted by Crippen LogP contribution is -2.35. The topological polar surface area (TPSA) is 25.2 Å². The molecule has 0 bridgehead atoms. The predicted molar refractivity (Wildman–Crippen MR) is 109 cm³/mol. The van der Waals surface area contributed by atoms with Gasteiger partial charge < -0.3 is 9.47 Å². The lowest BCUT2D eigenvalue weighted by molar-refractivity contribution is 0.244. The third-order valence-corrected chi connectivity index (χ3v) is 6.36. The van der Waals surface area contributed by atoms with Crippen LogP contribution in [0.2, 0.25) is 0 Å². The summed E-state index contributed by atoms with van der Waals surface area (Å²) in [6.07, 6.45) is 11.4. The highest BCUT2D eigenvalue weighted by Crippen LogP contribution is 2.34. The SMILES string of the molecule is Cc1cc(=O)n(CCN2CC[CH]CC2)c2cc(C3CCCCC3)ccc12. The molecule has 0 N–H and O–H groups in total. The van der Waals surface area contributed by atoms with Crippen molar-refractivity contribution in [3.63, 3.8) is 0 Å². The van der Waals surface area contributed by atoms with Crippen molar-refractivity contribution in [1.82, 2.24) is 9.47 Å². The minimum absolute atomic E-state index is 0.152. The maximum Gasteiger partial charge on any atom is 0.251 e. The first kappa shape index (κ1) is 17.8. The fourth-order valence-corrected chi connectivity index (χ4v) is 4.75. The van der Waals surface area contributed by atoms with Gasteiger partial charge in [-0.2, -0.15) is 0 Å². The Bertz CT molecular complexity index is 811. The summed E-state index contributed by atoms with van der Waals surface area (Å²) in [4.78, 5) is 15.2. The van der Waals surface area contributed by atoms with Gasteiger partial charge in [-0.3, -0.25) is 4.79 Å². The maximum atomic E-state index is 12.8. The van der Waals surface area contributed by atoms with Crippen LogP contribution in [0.25, 0.3) is 10.9 Å². The lowest BCUT2D eigenvalue weighted by Gasteiger charge is -2.27. The van der Waals surface area contributed by atoms with Crippen molar-refractivity contribution in [2.75, 3.05) is 19.6 Å². The van der Waals surface area contributed by atoms with Crippen LogP contribution in [0.15, 0.2) is 29.1 Å². The van der Waals surface area contributed by atoms with E-state index < -0.39 is 0 Å². The average molecular weight is 352 g/mol. The number of pyridine rings is 1. The molecule has 0 spiro atoms. The number of nitrogens with zero attached hydrogens (tertiary/aromatic N) is 2. The molecule has 3 heteroatoms. The summed E-state index contributed by atoms with van der Waals surface area (Å²) in [5.41, 5.74) is 3.83. The van der Waals surface area contributed by atoms with Gasteiger partial charge in [0.1, 0.15) is 0 Å². The zero-order valence-corrected chi connectivity index (χ0v) is 16.0. The summed E-state index contributed by atoms with van der Waals surface area (Å²) < 4.78 is 2.02. The molecule has 139 valence electrons. The number of benzene rings is 1. The first-order chi connectivity index (χ1) is 12.7. The van der Waals surface area contributed by atoms with Crippen LogP contribution in [0.1, 0.15) is 62.0 Å². The number of fused-ring (bicyclic) bond motifs is 1. The van der Waals surface area contributed by atoms with Crippen molar-refractivity contribution < 1.29 is 0 Å². The van der Waals surface area contributed by atoms with Gasteiger partial charge in [-0.1, -0.05) is 31.4 Å². The fourth-order valence-electron chi connectivity index (χ4n) is 4.75. The normalized spacial score (nSPS) is 19.9. The summed E-state index contributed by atoms with van der Waals surface area (Å²) in [7, 11) is 0. The second-order valence-corrected chi connectivity index (χ2v) is 8.14. The third kappa shape index (κ3) is 3.73. The molecule has 2 heterocycles. The number of hydrogen-bond donors (Lipinski definition) is 0. The van der Waals surface area contributed by atoms with Crippen molar-refractivity contribution in [3.8, 4) is 0 Å². The summed E-state index contributed by atoms with van der Waals surface area (Å²) in [6, 6.07) is 8.69. The fraction of sp³-hybridized carbons (Fsp3) is 0.565. The molecule has 0 amide bonds. The van der Waals surface area contributed by atoms with Gasteiger partial charge in [-0.25, -0.2) is 0 Å². The number of piperidine rings is 1. The van der Waals surface area contributed by atoms with Gasteiger partial charge in [0, 0.05) is 24.5 Å². The minimum atomic E-state index is 0.152. The van der Waals surface area contributed by atoms with Crippen molar-refractivity contribution in [3.05, 3.63) is 52.2 Å². The number of likely N-dealkylation sites (tertiary alicyclic amines) is 1. The van der Waals surface area contributed by atoms with Gasteiger partial charge >= 0.3 is 0 Å². The molecule has 1 aliphatic carbocycles. The Morgan fingerprint density at radius 2 is 1.77 bits per heavy atom. The van der Waals surface area contributed by atoms with Gasteiger partial charge in [0.25, 0.3) is 5.56 Å². The number of hydrogen-bond acceptors (Lipinski definition) is 2. The molecule has 26 heavy (non-hydrogen) atoms. The van der Waals surface area contributed by atoms with E-state index >= 15 is 0 Å². The Morgan fingerprint density at radius 1 is 1.00 bits per heavy atom. The number of aryl methyl sites for hydroxylation is 1. The monoisotopic (exact) mass is 351 g/mol. The number of aromatic nitrogens is 1. The minimum Gasteiger partial charge on any atom is -0.307 e. The van der Waals surface area contributed by atoms with Crippen molar-refractivity contribution in [1.29, 1.82) is 0 Å². The van der Waals surface area contributed by atoms with Gasteiger partial charge in [-0.15, -0.1) is 0 Å². The summed E-state index contributed by atoms with van der Waals surface area (Å²) >= 11 is 0. The van der Waals surface area contributed by atoms with E-state index in [1.807, 2.05) is 10.6 Å². The van der Waals surface area contributed by atoms with Crippen LogP contribution < -0.4 is 5.56 Å². The smallest absolute Gasteiger partial charge is 0.251 e. The molecule has 1 saturated heterocycles. The molecule has 1 aromatic carbocycles. The second kappa shape index (κ2) is 7.96. The largest absolute Gasteiger partial charge is 0.307 e. The molecule has 0 unspecified atom stereocenters. The van der Waals surface area contributed by atoms with Crippen LogP contribution in [0, 0.1) is 13.3 Å². The molecule has 2 aromatic rings. The van der Waals surface area contributed by atoms with E-state index in [1.165, 1.54) is 55.9 Å². The van der Waals surface area contributed by atoms with Crippen LogP contribution in [0.5, 0.6) is 0 Å². The molecule has 1 aromatic heterocycles. The van der Waals surface area contributed by atoms with E-state index in [0.717, 1.165) is 37.3 Å². The van der Waals surface area contributed by atoms with Crippen molar-refractivity contribution in [2.24, 2.45) is 0 Å². The third-order valence-electron chi connectivity index (χ3n) is 6.36. The molecular formula is C23H31N2O. The zero-order valence-electron chi connectivity index (χ0n) is 16.0. The van der Waals surface area contributed by atoms with E-state index in [4.69, 9.17) is 0 Å². The Morgan fingerprint density at radius 3 is 2.54 bits per heavy atom. The van der Waals surface area contributed by atoms with Gasteiger partial charge in [-0.05, 0) is 75.2 Å². The zero-order chi connectivity index (χ0) is 17.9. The van der Waals surface area contributed by atoms with Gasteiger partial charge in [0.05, 0.1) is 5.52 Å². The molecule has 1 aliphatic heterocycles. The molecule has 3 nitrogen and oxygen atoms in total. The van der Waals surface area contributed by atoms with Crippen LogP contribution in [-0.4, -0.2) is 29.1 Å². The van der Waals surface area contributed by atoms with Crippen LogP contribution in [0.3, 0.4) is 0 Å². The maximum absolute atomic E-state index is 12.8. The Hall–Kier alpha value is -1.61. The first-order valence-electron chi connectivity index (χ1n) is 10.4. The second-order valence-electron chi connectivity index (χ2n) is 8.14. The van der Waals surface area contributed by atoms with Gasteiger partial charge in [0.15, 0.2) is 0 Å². The van der Waals surface area contributed by atoms with Crippen molar-refractivity contribution in [2.45, 2.75) is 64.3 Å². The molecular weight excluding hydrogens is 320 g/mol. The highest BCUT2D eigenvalue weighted by atomic mass is 16.1. The standard InChI is InChI=1S/C23H31N2O/c1-18-16-23(26)25(15-14-24-12-6-3-7-13-24)22-17-20(10-11-21(18)22)19-8-4-2-5-9-19/h3,10-11,16-17,19H,2,4-9,12-15H2,1H3. The molecule has 1 saturated carbocycles. The van der Waals surface area contributed by atoms with Crippen LogP contribution >= 0.6 is 0 Å². The Labute approximate surface area is 157 Å². The van der Waals surface area contributed by atoms with E-state index in [1.54, 1.807) is 0 Å². The average Bonchev–Trinajstić information content (AvgIpc) is 2.69. The first-order valence-corrected chi connectivity index (χ1v) is 10.4. The highest BCUT2D eigenvalue weighted by Gasteiger charge is 2.17. The van der Waals surface area contributed by atoms with E-state index in [0.29, 0.717) is 5.92 Å². The van der Waals surface area contributed by atoms with E-state index in [9.17, 15) is 4.79 Å². The molecule has 1 radical (unpaired) electrons.